The Morgan fingerprint density at radius 1 is 1.29 bits per heavy atom. The number of aliphatic hydroxyl groups is 1. The van der Waals surface area contributed by atoms with Gasteiger partial charge >= 0.3 is 0 Å². The monoisotopic (exact) mass is 302 g/mol. The Morgan fingerprint density at radius 2 is 2.05 bits per heavy atom. The van der Waals surface area contributed by atoms with Crippen molar-refractivity contribution in [1.82, 2.24) is 0 Å². The summed E-state index contributed by atoms with van der Waals surface area (Å²) in [6.45, 7) is 1.98. The predicted molar refractivity (Wildman–Crippen MR) is 88.4 cm³/mol. The second-order valence-corrected chi connectivity index (χ2v) is 6.72. The Hall–Kier alpha value is -1.45. The molecule has 1 aromatic rings. The minimum Gasteiger partial charge on any atom is -0.392 e. The predicted octanol–water partition coefficient (Wildman–Crippen LogP) is 4.04. The van der Waals surface area contributed by atoms with Gasteiger partial charge in [-0.25, -0.2) is 4.21 Å². The van der Waals surface area contributed by atoms with E-state index in [1.807, 2.05) is 37.3 Å². The fraction of sp³-hybridized carbons (Fsp3) is 0.333. The third-order valence-electron chi connectivity index (χ3n) is 3.49. The van der Waals surface area contributed by atoms with Crippen molar-refractivity contribution < 1.29 is 9.32 Å². The molecule has 0 saturated heterocycles. The molecule has 0 fully saturated rings. The summed E-state index contributed by atoms with van der Waals surface area (Å²) >= 11 is 0. The zero-order valence-corrected chi connectivity index (χ0v) is 13.2. The molecule has 1 N–H and O–H groups in total. The van der Waals surface area contributed by atoms with E-state index in [0.29, 0.717) is 0 Å². The molecule has 1 aliphatic carbocycles. The summed E-state index contributed by atoms with van der Waals surface area (Å²) < 4.78 is 12.7. The summed E-state index contributed by atoms with van der Waals surface area (Å²) in [4.78, 5) is 1.55. The molecule has 1 aromatic carbocycles. The summed E-state index contributed by atoms with van der Waals surface area (Å²) in [6, 6.07) is 7.75. The van der Waals surface area contributed by atoms with Crippen LogP contribution in [0.25, 0.3) is 0 Å². The van der Waals surface area contributed by atoms with Gasteiger partial charge in [0.2, 0.25) is 0 Å². The van der Waals surface area contributed by atoms with Crippen molar-refractivity contribution in [2.45, 2.75) is 37.5 Å². The van der Waals surface area contributed by atoms with Crippen LogP contribution in [0, 0.1) is 6.92 Å². The molecule has 112 valence electrons. The molecule has 0 heterocycles. The smallest absolute Gasteiger partial charge is 0.0849 e. The van der Waals surface area contributed by atoms with Gasteiger partial charge in [0.15, 0.2) is 0 Å². The first-order valence-corrected chi connectivity index (χ1v) is 8.52. The Labute approximate surface area is 129 Å². The van der Waals surface area contributed by atoms with Crippen LogP contribution in [-0.2, 0) is 10.8 Å². The van der Waals surface area contributed by atoms with Gasteiger partial charge in [0.05, 0.1) is 17.4 Å². The molecule has 1 aliphatic rings. The summed E-state index contributed by atoms with van der Waals surface area (Å²) in [5.74, 6) is 0. The Balaban J connectivity index is 2.28. The van der Waals surface area contributed by atoms with E-state index in [4.69, 9.17) is 5.11 Å². The van der Waals surface area contributed by atoms with E-state index < -0.39 is 10.8 Å². The lowest BCUT2D eigenvalue weighted by Crippen LogP contribution is -1.97. The maximum atomic E-state index is 12.7. The van der Waals surface area contributed by atoms with Gasteiger partial charge in [-0.15, -0.1) is 0 Å². The summed E-state index contributed by atoms with van der Waals surface area (Å²) in [7, 11) is -1.21. The number of aryl methyl sites for hydroxylation is 1. The average molecular weight is 302 g/mol. The highest BCUT2D eigenvalue weighted by molar-refractivity contribution is 7.89. The lowest BCUT2D eigenvalue weighted by molar-refractivity contribution is 0.342. The first kappa shape index (κ1) is 15.9. The highest BCUT2D eigenvalue weighted by Crippen LogP contribution is 2.23. The van der Waals surface area contributed by atoms with Crippen LogP contribution >= 0.6 is 0 Å². The van der Waals surface area contributed by atoms with Crippen molar-refractivity contribution in [3.8, 4) is 0 Å². The van der Waals surface area contributed by atoms with Crippen molar-refractivity contribution in [2.24, 2.45) is 0 Å². The van der Waals surface area contributed by atoms with Crippen molar-refractivity contribution in [3.05, 3.63) is 64.6 Å². The molecule has 0 spiro atoms. The van der Waals surface area contributed by atoms with Crippen LogP contribution in [0.5, 0.6) is 0 Å². The molecule has 0 unspecified atom stereocenters. The van der Waals surface area contributed by atoms with Crippen molar-refractivity contribution >= 4 is 10.8 Å². The number of benzene rings is 1. The summed E-state index contributed by atoms with van der Waals surface area (Å²) in [5.41, 5.74) is 2.40. The fourth-order valence-corrected chi connectivity index (χ4v) is 3.44. The van der Waals surface area contributed by atoms with Gasteiger partial charge in [-0.2, -0.15) is 0 Å². The molecule has 21 heavy (non-hydrogen) atoms. The van der Waals surface area contributed by atoms with E-state index in [-0.39, 0.29) is 6.61 Å². The highest BCUT2D eigenvalue weighted by atomic mass is 32.2. The number of aliphatic hydroxyl groups excluding tert-OH is 1. The van der Waals surface area contributed by atoms with Gasteiger partial charge in [-0.1, -0.05) is 35.4 Å². The summed E-state index contributed by atoms with van der Waals surface area (Å²) in [5, 5.41) is 8.98. The second kappa shape index (κ2) is 8.11. The van der Waals surface area contributed by atoms with Gasteiger partial charge in [0.25, 0.3) is 0 Å². The molecule has 2 nitrogen and oxygen atoms in total. The molecular formula is C18H22O2S. The zero-order chi connectivity index (χ0) is 15.1. The SMILES string of the molecule is Cc1ccc([S@](=O)C(=C\C2=CCCCC2)/C=C/CO)cc1. The lowest BCUT2D eigenvalue weighted by Gasteiger charge is -2.11. The maximum absolute atomic E-state index is 12.7. The van der Waals surface area contributed by atoms with E-state index >= 15 is 0 Å². The molecule has 0 saturated carbocycles. The maximum Gasteiger partial charge on any atom is 0.0849 e. The van der Waals surface area contributed by atoms with Gasteiger partial charge in [-0.3, -0.25) is 0 Å². The van der Waals surface area contributed by atoms with Crippen molar-refractivity contribution in [3.63, 3.8) is 0 Å². The van der Waals surface area contributed by atoms with Gasteiger partial charge < -0.3 is 5.11 Å². The number of hydrogen-bond acceptors (Lipinski definition) is 2. The first-order chi connectivity index (χ1) is 10.2. The largest absolute Gasteiger partial charge is 0.392 e. The molecular weight excluding hydrogens is 280 g/mol. The minimum atomic E-state index is -1.21. The van der Waals surface area contributed by atoms with Crippen LogP contribution in [0.15, 0.2) is 63.9 Å². The molecule has 0 aliphatic heterocycles. The number of hydrogen-bond donors (Lipinski definition) is 1. The van der Waals surface area contributed by atoms with Crippen LogP contribution in [0.2, 0.25) is 0 Å². The van der Waals surface area contributed by atoms with Crippen LogP contribution in [0.3, 0.4) is 0 Å². The van der Waals surface area contributed by atoms with E-state index in [9.17, 15) is 4.21 Å². The number of allylic oxidation sites excluding steroid dienone is 4. The molecule has 0 amide bonds. The highest BCUT2D eigenvalue weighted by Gasteiger charge is 2.10. The Morgan fingerprint density at radius 3 is 2.67 bits per heavy atom. The average Bonchev–Trinajstić information content (AvgIpc) is 2.52. The Kier molecular flexibility index (Phi) is 6.15. The van der Waals surface area contributed by atoms with E-state index in [2.05, 4.69) is 6.08 Å². The second-order valence-electron chi connectivity index (χ2n) is 5.24. The van der Waals surface area contributed by atoms with Gasteiger partial charge in [0, 0.05) is 9.80 Å². The molecule has 2 rings (SSSR count). The third kappa shape index (κ3) is 4.80. The first-order valence-electron chi connectivity index (χ1n) is 7.37. The van der Waals surface area contributed by atoms with Crippen LogP contribution in [0.1, 0.15) is 31.2 Å². The number of rotatable bonds is 5. The van der Waals surface area contributed by atoms with Gasteiger partial charge in [0.1, 0.15) is 0 Å². The van der Waals surface area contributed by atoms with E-state index in [0.717, 1.165) is 28.2 Å². The topological polar surface area (TPSA) is 37.3 Å². The van der Waals surface area contributed by atoms with Crippen LogP contribution in [0.4, 0.5) is 0 Å². The van der Waals surface area contributed by atoms with Crippen molar-refractivity contribution in [2.75, 3.05) is 6.61 Å². The van der Waals surface area contributed by atoms with Crippen LogP contribution in [-0.4, -0.2) is 15.9 Å². The van der Waals surface area contributed by atoms with E-state index in [1.54, 1.807) is 12.2 Å². The van der Waals surface area contributed by atoms with Gasteiger partial charge in [-0.05, 0) is 56.9 Å². The molecule has 0 aromatic heterocycles. The van der Waals surface area contributed by atoms with Crippen molar-refractivity contribution in [1.29, 1.82) is 0 Å². The molecule has 1 atom stereocenters. The summed E-state index contributed by atoms with van der Waals surface area (Å²) in [6.07, 6.45) is 12.2. The standard InChI is InChI=1S/C18H22O2S/c1-15-9-11-17(12-10-15)21(20)18(8-5-13-19)14-16-6-3-2-4-7-16/h5-6,8-12,14,19H,2-4,7,13H2,1H3/b8-5+,18-14-/t21-/m0/s1. The van der Waals surface area contributed by atoms with E-state index in [1.165, 1.54) is 18.4 Å². The normalized spacial score (nSPS) is 17.8. The molecule has 3 heteroatoms. The minimum absolute atomic E-state index is 0.0402. The Bertz CT molecular complexity index is 580. The fourth-order valence-electron chi connectivity index (χ4n) is 2.31. The molecule has 0 bridgehead atoms. The molecule has 0 radical (unpaired) electrons. The lowest BCUT2D eigenvalue weighted by atomic mass is 9.99. The zero-order valence-electron chi connectivity index (χ0n) is 12.4. The quantitative estimate of drug-likeness (QED) is 0.834. The van der Waals surface area contributed by atoms with Crippen LogP contribution < -0.4 is 0 Å². The third-order valence-corrected chi connectivity index (χ3v) is 4.87.